The molecule has 114 valence electrons. The van der Waals surface area contributed by atoms with Crippen molar-refractivity contribution in [1.29, 1.82) is 0 Å². The summed E-state index contributed by atoms with van der Waals surface area (Å²) in [5, 5.41) is 6.53. The highest BCUT2D eigenvalue weighted by atomic mass is 79.9. The Kier molecular flexibility index (Phi) is 5.49. The molecular weight excluding hydrogens is 422 g/mol. The maximum atomic E-state index is 13.2. The van der Waals surface area contributed by atoms with Crippen molar-refractivity contribution < 1.29 is 4.39 Å². The Labute approximate surface area is 145 Å². The molecule has 0 saturated carbocycles. The van der Waals surface area contributed by atoms with Crippen molar-refractivity contribution in [3.8, 4) is 0 Å². The Morgan fingerprint density at radius 1 is 1.24 bits per heavy atom. The number of benzene rings is 1. The maximum Gasteiger partial charge on any atom is 0.123 e. The van der Waals surface area contributed by atoms with Crippen LogP contribution in [0.3, 0.4) is 0 Å². The highest BCUT2D eigenvalue weighted by Crippen LogP contribution is 2.35. The van der Waals surface area contributed by atoms with E-state index in [0.717, 1.165) is 27.6 Å². The number of hydrogen-bond acceptors (Lipinski definition) is 1. The summed E-state index contributed by atoms with van der Waals surface area (Å²) in [6, 6.07) is 6.64. The molecule has 1 heterocycles. The molecule has 0 amide bonds. The molecule has 1 aromatic carbocycles. The third kappa shape index (κ3) is 3.35. The molecule has 0 aliphatic heterocycles. The first-order valence-corrected chi connectivity index (χ1v) is 9.11. The van der Waals surface area contributed by atoms with Crippen LogP contribution in [-0.2, 0) is 18.9 Å². The first-order valence-electron chi connectivity index (χ1n) is 6.49. The summed E-state index contributed by atoms with van der Waals surface area (Å²) < 4.78 is 15.0. The second-order valence-corrected chi connectivity index (χ2v) is 6.70. The van der Waals surface area contributed by atoms with Crippen molar-refractivity contribution in [2.24, 2.45) is 7.05 Å². The molecule has 0 atom stereocenters. The normalized spacial score (nSPS) is 11.9. The Morgan fingerprint density at radius 2 is 1.81 bits per heavy atom. The van der Waals surface area contributed by atoms with Crippen LogP contribution in [0.1, 0.15) is 17.0 Å². The van der Waals surface area contributed by atoms with Crippen LogP contribution < -0.4 is 0 Å². The van der Waals surface area contributed by atoms with Gasteiger partial charge in [0.15, 0.2) is 0 Å². The Balaban J connectivity index is 2.45. The fourth-order valence-corrected chi connectivity index (χ4v) is 4.58. The zero-order valence-electron chi connectivity index (χ0n) is 11.8. The smallest absolute Gasteiger partial charge is 0.123 e. The number of alkyl halides is 2. The summed E-state index contributed by atoms with van der Waals surface area (Å²) in [4.78, 5) is 0. The Morgan fingerprint density at radius 3 is 2.24 bits per heavy atom. The van der Waals surface area contributed by atoms with Crippen molar-refractivity contribution in [3.63, 3.8) is 0 Å². The van der Waals surface area contributed by atoms with E-state index in [0.29, 0.717) is 11.4 Å². The fraction of sp³-hybridized carbons (Fsp3) is 0.400. The lowest BCUT2D eigenvalue weighted by Crippen LogP contribution is -2.34. The van der Waals surface area contributed by atoms with E-state index >= 15 is 0 Å². The van der Waals surface area contributed by atoms with E-state index in [2.05, 4.69) is 37.0 Å². The molecule has 0 bridgehead atoms. The Hall–Kier alpha value is -0.390. The molecule has 0 aliphatic carbocycles. The van der Waals surface area contributed by atoms with Gasteiger partial charge in [-0.1, -0.05) is 55.6 Å². The van der Waals surface area contributed by atoms with Crippen molar-refractivity contribution in [3.05, 3.63) is 52.1 Å². The van der Waals surface area contributed by atoms with Crippen molar-refractivity contribution in [1.82, 2.24) is 9.78 Å². The van der Waals surface area contributed by atoms with Gasteiger partial charge in [-0.15, -0.1) is 0 Å². The van der Waals surface area contributed by atoms with Gasteiger partial charge in [0, 0.05) is 29.5 Å². The minimum Gasteiger partial charge on any atom is -0.271 e. The molecule has 2 aromatic rings. The van der Waals surface area contributed by atoms with Crippen LogP contribution in [0.15, 0.2) is 24.3 Å². The molecule has 0 N–H and O–H groups in total. The van der Waals surface area contributed by atoms with E-state index in [1.54, 1.807) is 0 Å². The first kappa shape index (κ1) is 17.0. The third-order valence-electron chi connectivity index (χ3n) is 3.74. The summed E-state index contributed by atoms with van der Waals surface area (Å²) in [7, 11) is 1.89. The number of rotatable bonds is 5. The summed E-state index contributed by atoms with van der Waals surface area (Å²) in [5.74, 6) is -0.230. The van der Waals surface area contributed by atoms with Gasteiger partial charge < -0.3 is 0 Å². The van der Waals surface area contributed by atoms with E-state index in [9.17, 15) is 4.39 Å². The van der Waals surface area contributed by atoms with E-state index < -0.39 is 0 Å². The predicted octanol–water partition coefficient (Wildman–Crippen LogP) is 4.79. The molecule has 0 aliphatic rings. The van der Waals surface area contributed by atoms with Gasteiger partial charge in [0.05, 0.1) is 16.4 Å². The lowest BCUT2D eigenvalue weighted by atomic mass is 9.80. The number of halogens is 4. The summed E-state index contributed by atoms with van der Waals surface area (Å²) in [6.45, 7) is 1.90. The van der Waals surface area contributed by atoms with Crippen molar-refractivity contribution >= 4 is 43.5 Å². The van der Waals surface area contributed by atoms with Crippen LogP contribution in [0.2, 0.25) is 5.02 Å². The average molecular weight is 439 g/mol. The predicted molar refractivity (Wildman–Crippen MR) is 92.3 cm³/mol. The molecule has 2 nitrogen and oxygen atoms in total. The quantitative estimate of drug-likeness (QED) is 0.614. The Bertz CT molecular complexity index is 621. The van der Waals surface area contributed by atoms with Crippen molar-refractivity contribution in [2.45, 2.75) is 18.8 Å². The van der Waals surface area contributed by atoms with E-state index in [4.69, 9.17) is 11.6 Å². The summed E-state index contributed by atoms with van der Waals surface area (Å²) >= 11 is 13.6. The SMILES string of the molecule is Cc1nn(C)c(CC(CBr)(CBr)c2ccc(F)cc2)c1Cl. The van der Waals surface area contributed by atoms with Crippen LogP contribution in [0.4, 0.5) is 4.39 Å². The van der Waals surface area contributed by atoms with Crippen LogP contribution in [0, 0.1) is 12.7 Å². The van der Waals surface area contributed by atoms with Crippen molar-refractivity contribution in [2.75, 3.05) is 10.7 Å². The third-order valence-corrected chi connectivity index (χ3v) is 6.37. The van der Waals surface area contributed by atoms with Crippen LogP contribution in [-0.4, -0.2) is 20.4 Å². The van der Waals surface area contributed by atoms with E-state index in [-0.39, 0.29) is 11.2 Å². The number of nitrogens with zero attached hydrogens (tertiary/aromatic N) is 2. The standard InChI is InChI=1S/C15H16Br2ClFN2/c1-10-14(18)13(21(2)20-10)7-15(8-16,9-17)11-3-5-12(19)6-4-11/h3-6H,7-9H2,1-2H3. The number of aryl methyl sites for hydroxylation is 2. The van der Waals surface area contributed by atoms with Gasteiger partial charge in [-0.2, -0.15) is 5.10 Å². The maximum absolute atomic E-state index is 13.2. The van der Waals surface area contributed by atoms with Crippen LogP contribution in [0.5, 0.6) is 0 Å². The van der Waals surface area contributed by atoms with Gasteiger partial charge in [-0.05, 0) is 24.6 Å². The zero-order valence-corrected chi connectivity index (χ0v) is 15.8. The monoisotopic (exact) mass is 436 g/mol. The molecule has 1 aromatic heterocycles. The molecule has 0 spiro atoms. The fourth-order valence-electron chi connectivity index (χ4n) is 2.38. The number of aromatic nitrogens is 2. The second kappa shape index (κ2) is 6.80. The molecule has 21 heavy (non-hydrogen) atoms. The highest BCUT2D eigenvalue weighted by Gasteiger charge is 2.33. The minimum absolute atomic E-state index is 0.211. The molecule has 0 radical (unpaired) electrons. The van der Waals surface area contributed by atoms with Crippen LogP contribution in [0.25, 0.3) is 0 Å². The first-order chi connectivity index (χ1) is 9.93. The van der Waals surface area contributed by atoms with Gasteiger partial charge >= 0.3 is 0 Å². The summed E-state index contributed by atoms with van der Waals surface area (Å²) in [5.41, 5.74) is 2.66. The van der Waals surface area contributed by atoms with Crippen LogP contribution >= 0.6 is 43.5 Å². The minimum atomic E-state index is -0.230. The second-order valence-electron chi connectivity index (χ2n) is 5.20. The van der Waals surface area contributed by atoms with Gasteiger partial charge in [-0.25, -0.2) is 4.39 Å². The van der Waals surface area contributed by atoms with E-state index in [1.165, 1.54) is 12.1 Å². The summed E-state index contributed by atoms with van der Waals surface area (Å²) in [6.07, 6.45) is 0.714. The molecule has 6 heteroatoms. The molecule has 0 saturated heterocycles. The molecule has 0 fully saturated rings. The highest BCUT2D eigenvalue weighted by molar-refractivity contribution is 9.09. The van der Waals surface area contributed by atoms with Gasteiger partial charge in [0.2, 0.25) is 0 Å². The van der Waals surface area contributed by atoms with Gasteiger partial charge in [0.25, 0.3) is 0 Å². The zero-order chi connectivity index (χ0) is 15.6. The topological polar surface area (TPSA) is 17.8 Å². The lowest BCUT2D eigenvalue weighted by molar-refractivity contribution is 0.521. The number of hydrogen-bond donors (Lipinski definition) is 0. The van der Waals surface area contributed by atoms with Gasteiger partial charge in [0.1, 0.15) is 5.82 Å². The average Bonchev–Trinajstić information content (AvgIpc) is 2.72. The molecule has 2 rings (SSSR count). The molecule has 0 unspecified atom stereocenters. The van der Waals surface area contributed by atoms with Gasteiger partial charge in [-0.3, -0.25) is 4.68 Å². The lowest BCUT2D eigenvalue weighted by Gasteiger charge is -2.31. The molecular formula is C15H16Br2ClFN2. The van der Waals surface area contributed by atoms with E-state index in [1.807, 2.05) is 30.8 Å². The largest absolute Gasteiger partial charge is 0.271 e.